The zero-order valence-electron chi connectivity index (χ0n) is 6.72. The van der Waals surface area contributed by atoms with E-state index < -0.39 is 28.9 Å². The molecule has 0 aliphatic heterocycles. The molecule has 0 saturated carbocycles. The van der Waals surface area contributed by atoms with Gasteiger partial charge in [0.2, 0.25) is 0 Å². The Hall–Kier alpha value is -1.35. The molecule has 0 aliphatic carbocycles. The maximum atomic E-state index is 10.6. The second-order valence-electron chi connectivity index (χ2n) is 2.12. The molecule has 0 spiro atoms. The summed E-state index contributed by atoms with van der Waals surface area (Å²) in [6.07, 6.45) is 0. The van der Waals surface area contributed by atoms with Crippen LogP contribution < -0.4 is 5.73 Å². The fourth-order valence-corrected chi connectivity index (χ4v) is 0.710. The summed E-state index contributed by atoms with van der Waals surface area (Å²) < 4.78 is 31.6. The van der Waals surface area contributed by atoms with Crippen LogP contribution in [0.15, 0.2) is 0 Å². The quantitative estimate of drug-likeness (QED) is 0.283. The van der Waals surface area contributed by atoms with Crippen molar-refractivity contribution < 1.29 is 21.9 Å². The summed E-state index contributed by atoms with van der Waals surface area (Å²) in [5.41, 5.74) is 4.94. The molecule has 76 valence electrons. The van der Waals surface area contributed by atoms with Crippen molar-refractivity contribution in [3.8, 4) is 0 Å². The number of rotatable bonds is 3. The first-order valence-corrected chi connectivity index (χ1v) is 4.34. The molecular formula is C4H9N3O5S. The first-order chi connectivity index (χ1) is 5.72. The third-order valence-corrected chi connectivity index (χ3v) is 1.37. The van der Waals surface area contributed by atoms with Crippen molar-refractivity contribution in [1.29, 1.82) is 5.41 Å². The number of nitrogens with one attached hydrogen (secondary N) is 1. The number of guanidine groups is 1. The van der Waals surface area contributed by atoms with Gasteiger partial charge in [-0.15, -0.1) is 0 Å². The Labute approximate surface area is 74.7 Å². The minimum atomic E-state index is -4.78. The highest BCUT2D eigenvalue weighted by molar-refractivity contribution is 7.81. The molecule has 0 atom stereocenters. The van der Waals surface area contributed by atoms with Crippen LogP contribution in [0, 0.1) is 5.41 Å². The molecule has 0 unspecified atom stereocenters. The summed E-state index contributed by atoms with van der Waals surface area (Å²) in [7, 11) is -3.50. The summed E-state index contributed by atoms with van der Waals surface area (Å²) in [6.45, 7) is -0.533. The largest absolute Gasteiger partial charge is 0.449 e. The van der Waals surface area contributed by atoms with Gasteiger partial charge in [0.05, 0.1) is 0 Å². The van der Waals surface area contributed by atoms with Crippen LogP contribution in [-0.2, 0) is 19.4 Å². The monoisotopic (exact) mass is 211 g/mol. The zero-order valence-corrected chi connectivity index (χ0v) is 7.54. The fourth-order valence-electron chi connectivity index (χ4n) is 0.423. The number of hydrogen-bond donors (Lipinski definition) is 3. The third-order valence-electron chi connectivity index (χ3n) is 0.976. The van der Waals surface area contributed by atoms with E-state index in [2.05, 4.69) is 4.18 Å². The van der Waals surface area contributed by atoms with Gasteiger partial charge in [-0.3, -0.25) is 9.96 Å². The van der Waals surface area contributed by atoms with Crippen LogP contribution in [0.1, 0.15) is 0 Å². The summed E-state index contributed by atoms with van der Waals surface area (Å²) >= 11 is 0. The van der Waals surface area contributed by atoms with E-state index in [0.717, 1.165) is 4.90 Å². The van der Waals surface area contributed by atoms with Crippen LogP contribution in [0.5, 0.6) is 0 Å². The van der Waals surface area contributed by atoms with Crippen molar-refractivity contribution in [1.82, 2.24) is 4.90 Å². The van der Waals surface area contributed by atoms with Crippen molar-refractivity contribution in [2.24, 2.45) is 5.73 Å². The van der Waals surface area contributed by atoms with Crippen molar-refractivity contribution >= 4 is 22.3 Å². The van der Waals surface area contributed by atoms with Crippen molar-refractivity contribution in [2.45, 2.75) is 0 Å². The SMILES string of the molecule is CN(CC(=O)OS(=O)(=O)O)C(=N)N. The molecule has 0 bridgehead atoms. The van der Waals surface area contributed by atoms with Gasteiger partial charge in [-0.25, -0.2) is 4.79 Å². The Morgan fingerprint density at radius 3 is 2.46 bits per heavy atom. The maximum Gasteiger partial charge on any atom is 0.449 e. The maximum absolute atomic E-state index is 10.6. The molecule has 9 heteroatoms. The molecule has 13 heavy (non-hydrogen) atoms. The zero-order chi connectivity index (χ0) is 10.6. The van der Waals surface area contributed by atoms with Gasteiger partial charge in [0, 0.05) is 7.05 Å². The number of hydrogen-bond acceptors (Lipinski definition) is 5. The fraction of sp³-hybridized carbons (Fsp3) is 0.500. The number of nitrogens with zero attached hydrogens (tertiary/aromatic N) is 1. The molecule has 0 aromatic heterocycles. The second kappa shape index (κ2) is 4.05. The molecule has 0 heterocycles. The van der Waals surface area contributed by atoms with E-state index in [1.54, 1.807) is 0 Å². The van der Waals surface area contributed by atoms with Gasteiger partial charge in [0.1, 0.15) is 6.54 Å². The van der Waals surface area contributed by atoms with Gasteiger partial charge in [-0.1, -0.05) is 0 Å². The van der Waals surface area contributed by atoms with Crippen LogP contribution in [0.25, 0.3) is 0 Å². The third kappa shape index (κ3) is 5.87. The molecule has 8 nitrogen and oxygen atoms in total. The molecule has 0 aliphatic rings. The van der Waals surface area contributed by atoms with Crippen LogP contribution >= 0.6 is 0 Å². The average molecular weight is 211 g/mol. The molecule has 0 saturated heterocycles. The molecule has 0 aromatic carbocycles. The lowest BCUT2D eigenvalue weighted by Crippen LogP contribution is -2.37. The topological polar surface area (TPSA) is 134 Å². The lowest BCUT2D eigenvalue weighted by Gasteiger charge is -2.13. The minimum Gasteiger partial charge on any atom is -0.370 e. The van der Waals surface area contributed by atoms with Gasteiger partial charge in [-0.2, -0.15) is 8.42 Å². The van der Waals surface area contributed by atoms with E-state index in [4.69, 9.17) is 15.7 Å². The Bertz CT molecular complexity index is 310. The van der Waals surface area contributed by atoms with Gasteiger partial charge < -0.3 is 14.8 Å². The molecule has 0 radical (unpaired) electrons. The van der Waals surface area contributed by atoms with E-state index in [9.17, 15) is 13.2 Å². The van der Waals surface area contributed by atoms with Gasteiger partial charge in [-0.05, 0) is 0 Å². The normalized spacial score (nSPS) is 10.6. The lowest BCUT2D eigenvalue weighted by atomic mass is 10.6. The van der Waals surface area contributed by atoms with Crippen LogP contribution in [0.2, 0.25) is 0 Å². The van der Waals surface area contributed by atoms with Crippen LogP contribution in [-0.4, -0.2) is 43.4 Å². The highest BCUT2D eigenvalue weighted by Crippen LogP contribution is 1.90. The Morgan fingerprint density at radius 1 is 1.69 bits per heavy atom. The molecule has 0 aromatic rings. The van der Waals surface area contributed by atoms with Crippen LogP contribution in [0.3, 0.4) is 0 Å². The van der Waals surface area contributed by atoms with E-state index in [1.165, 1.54) is 7.05 Å². The van der Waals surface area contributed by atoms with E-state index in [1.807, 2.05) is 0 Å². The molecule has 0 fully saturated rings. The smallest absolute Gasteiger partial charge is 0.370 e. The summed E-state index contributed by atoms with van der Waals surface area (Å²) in [4.78, 5) is 11.6. The van der Waals surface area contributed by atoms with E-state index >= 15 is 0 Å². The summed E-state index contributed by atoms with van der Waals surface area (Å²) in [5.74, 6) is -1.65. The standard InChI is InChI=1S/C4H9N3O5S/c1-7(4(5)6)2-3(8)12-13(9,10)11/h2H2,1H3,(H3,5,6)(H,9,10,11). The van der Waals surface area contributed by atoms with E-state index in [0.29, 0.717) is 0 Å². The van der Waals surface area contributed by atoms with Crippen LogP contribution in [0.4, 0.5) is 0 Å². The Kier molecular flexibility index (Phi) is 3.63. The number of nitrogens with two attached hydrogens (primary N) is 1. The van der Waals surface area contributed by atoms with Gasteiger partial charge >= 0.3 is 16.4 Å². The van der Waals surface area contributed by atoms with Gasteiger partial charge in [0.15, 0.2) is 5.96 Å². The second-order valence-corrected chi connectivity index (χ2v) is 3.15. The number of likely N-dealkylation sites (N-methyl/N-ethyl adjacent to an activating group) is 1. The summed E-state index contributed by atoms with van der Waals surface area (Å²) in [6, 6.07) is 0. The predicted octanol–water partition coefficient (Wildman–Crippen LogP) is -1.84. The Morgan fingerprint density at radius 2 is 2.15 bits per heavy atom. The molecular weight excluding hydrogens is 202 g/mol. The first-order valence-electron chi connectivity index (χ1n) is 2.97. The van der Waals surface area contributed by atoms with E-state index in [-0.39, 0.29) is 0 Å². The molecule has 0 amide bonds. The minimum absolute atomic E-state index is 0.424. The average Bonchev–Trinajstić information content (AvgIpc) is 1.81. The molecule has 4 N–H and O–H groups in total. The van der Waals surface area contributed by atoms with Gasteiger partial charge in [0.25, 0.3) is 0 Å². The Balaban J connectivity index is 4.11. The summed E-state index contributed by atoms with van der Waals surface area (Å²) in [5, 5.41) is 6.81. The first kappa shape index (κ1) is 11.6. The highest BCUT2D eigenvalue weighted by Gasteiger charge is 2.15. The number of carbonyl (C=O) groups excluding carboxylic acids is 1. The highest BCUT2D eigenvalue weighted by atomic mass is 32.3. The van der Waals surface area contributed by atoms with Crippen molar-refractivity contribution in [3.63, 3.8) is 0 Å². The number of carbonyl (C=O) groups is 1. The predicted molar refractivity (Wildman–Crippen MR) is 42.2 cm³/mol. The lowest BCUT2D eigenvalue weighted by molar-refractivity contribution is -0.134. The molecule has 0 rings (SSSR count). The van der Waals surface area contributed by atoms with Crippen molar-refractivity contribution in [3.05, 3.63) is 0 Å². The van der Waals surface area contributed by atoms with Crippen molar-refractivity contribution in [2.75, 3.05) is 13.6 Å².